The van der Waals surface area contributed by atoms with Crippen LogP contribution in [0.25, 0.3) is 0 Å². The molecule has 52 valence electrons. The maximum atomic E-state index is 10.2. The molecule has 0 saturated carbocycles. The van der Waals surface area contributed by atoms with Gasteiger partial charge >= 0.3 is 0 Å². The van der Waals surface area contributed by atoms with Crippen molar-refractivity contribution in [2.45, 2.75) is 38.3 Å². The first-order valence-corrected chi connectivity index (χ1v) is 3.54. The molecule has 1 fully saturated rings. The van der Waals surface area contributed by atoms with E-state index in [1.807, 2.05) is 0 Å². The minimum absolute atomic E-state index is 0.133. The van der Waals surface area contributed by atoms with Crippen LogP contribution in [-0.4, -0.2) is 18.4 Å². The maximum Gasteiger partial charge on any atom is 0.136 e. The summed E-state index contributed by atoms with van der Waals surface area (Å²) in [5, 5.41) is 3.20. The molecular formula is C7H13NO. The minimum atomic E-state index is 0.133. The molecule has 0 aliphatic carbocycles. The van der Waals surface area contributed by atoms with Gasteiger partial charge in [0, 0.05) is 6.04 Å². The molecule has 0 aromatic heterocycles. The lowest BCUT2D eigenvalue weighted by Gasteiger charge is -2.24. The summed E-state index contributed by atoms with van der Waals surface area (Å²) >= 11 is 0. The van der Waals surface area contributed by atoms with Gasteiger partial charge in [0.15, 0.2) is 0 Å². The van der Waals surface area contributed by atoms with Crippen molar-refractivity contribution < 1.29 is 4.79 Å². The fourth-order valence-corrected chi connectivity index (χ4v) is 1.28. The Bertz CT molecular complexity index is 103. The van der Waals surface area contributed by atoms with Crippen LogP contribution in [0.5, 0.6) is 0 Å². The van der Waals surface area contributed by atoms with Crippen molar-refractivity contribution >= 4 is 6.29 Å². The van der Waals surface area contributed by atoms with Gasteiger partial charge in [-0.1, -0.05) is 0 Å². The lowest BCUT2D eigenvalue weighted by atomic mass is 10.0. The Kier molecular flexibility index (Phi) is 2.22. The molecule has 2 nitrogen and oxygen atoms in total. The third-order valence-electron chi connectivity index (χ3n) is 1.82. The Labute approximate surface area is 55.6 Å². The third-order valence-corrected chi connectivity index (χ3v) is 1.82. The number of carbonyl (C=O) groups excluding carboxylic acids is 1. The zero-order valence-electron chi connectivity index (χ0n) is 5.76. The molecule has 1 rings (SSSR count). The average molecular weight is 127 g/mol. The smallest absolute Gasteiger partial charge is 0.136 e. The van der Waals surface area contributed by atoms with E-state index in [0.29, 0.717) is 6.04 Å². The summed E-state index contributed by atoms with van der Waals surface area (Å²) in [5.41, 5.74) is 0. The van der Waals surface area contributed by atoms with Crippen molar-refractivity contribution in [1.29, 1.82) is 0 Å². The highest BCUT2D eigenvalue weighted by molar-refractivity contribution is 5.57. The van der Waals surface area contributed by atoms with Crippen LogP contribution in [0.3, 0.4) is 0 Å². The Morgan fingerprint density at radius 1 is 1.56 bits per heavy atom. The van der Waals surface area contributed by atoms with Crippen molar-refractivity contribution in [2.24, 2.45) is 0 Å². The summed E-state index contributed by atoms with van der Waals surface area (Å²) in [6.45, 7) is 2.12. The highest BCUT2D eigenvalue weighted by Crippen LogP contribution is 2.09. The van der Waals surface area contributed by atoms with Crippen LogP contribution in [0.2, 0.25) is 0 Å². The Morgan fingerprint density at radius 2 is 2.33 bits per heavy atom. The molecule has 0 bridgehead atoms. The second-order valence-corrected chi connectivity index (χ2v) is 2.74. The summed E-state index contributed by atoms with van der Waals surface area (Å²) in [6, 6.07) is 0.669. The first-order valence-electron chi connectivity index (χ1n) is 3.54. The minimum Gasteiger partial charge on any atom is -0.305 e. The van der Waals surface area contributed by atoms with Gasteiger partial charge in [-0.05, 0) is 26.2 Å². The molecule has 9 heavy (non-hydrogen) atoms. The molecule has 2 heteroatoms. The van der Waals surface area contributed by atoms with Gasteiger partial charge in [-0.25, -0.2) is 0 Å². The van der Waals surface area contributed by atoms with Gasteiger partial charge in [-0.15, -0.1) is 0 Å². The lowest BCUT2D eigenvalue weighted by molar-refractivity contribution is -0.110. The zero-order chi connectivity index (χ0) is 6.69. The number of hydrogen-bond donors (Lipinski definition) is 1. The monoisotopic (exact) mass is 127 g/mol. The first-order chi connectivity index (χ1) is 4.33. The second kappa shape index (κ2) is 2.97. The van der Waals surface area contributed by atoms with Crippen LogP contribution in [0.1, 0.15) is 26.2 Å². The van der Waals surface area contributed by atoms with Crippen LogP contribution < -0.4 is 5.32 Å². The molecule has 0 aromatic rings. The van der Waals surface area contributed by atoms with E-state index in [4.69, 9.17) is 0 Å². The SMILES string of the molecule is CC1CCCC(C=O)N1. The van der Waals surface area contributed by atoms with Crippen LogP contribution in [0.4, 0.5) is 0 Å². The molecule has 1 aliphatic heterocycles. The van der Waals surface area contributed by atoms with Gasteiger partial charge in [-0.3, -0.25) is 0 Å². The average Bonchev–Trinajstić information content (AvgIpc) is 1.88. The fraction of sp³-hybridized carbons (Fsp3) is 0.857. The molecular weight excluding hydrogens is 114 g/mol. The quantitative estimate of drug-likeness (QED) is 0.526. The number of rotatable bonds is 1. The van der Waals surface area contributed by atoms with E-state index in [2.05, 4.69) is 12.2 Å². The van der Waals surface area contributed by atoms with Gasteiger partial charge in [0.05, 0.1) is 6.04 Å². The van der Waals surface area contributed by atoms with E-state index in [1.165, 1.54) is 12.8 Å². The Hall–Kier alpha value is -0.370. The van der Waals surface area contributed by atoms with E-state index in [1.54, 1.807) is 0 Å². The van der Waals surface area contributed by atoms with Crippen molar-refractivity contribution in [3.05, 3.63) is 0 Å². The van der Waals surface area contributed by atoms with E-state index < -0.39 is 0 Å². The predicted octanol–water partition coefficient (Wildman–Crippen LogP) is 0.716. The van der Waals surface area contributed by atoms with Crippen molar-refractivity contribution in [3.8, 4) is 0 Å². The summed E-state index contributed by atoms with van der Waals surface area (Å²) in [6.07, 6.45) is 4.44. The van der Waals surface area contributed by atoms with Gasteiger partial charge in [0.25, 0.3) is 0 Å². The van der Waals surface area contributed by atoms with Gasteiger partial charge < -0.3 is 10.1 Å². The number of piperidine rings is 1. The molecule has 0 spiro atoms. The second-order valence-electron chi connectivity index (χ2n) is 2.74. The number of hydrogen-bond acceptors (Lipinski definition) is 2. The highest BCUT2D eigenvalue weighted by atomic mass is 16.1. The van der Waals surface area contributed by atoms with Crippen molar-refractivity contribution in [1.82, 2.24) is 5.32 Å². The number of nitrogens with one attached hydrogen (secondary N) is 1. The molecule has 1 N–H and O–H groups in total. The third kappa shape index (κ3) is 1.79. The van der Waals surface area contributed by atoms with Crippen LogP contribution in [0.15, 0.2) is 0 Å². The van der Waals surface area contributed by atoms with Gasteiger partial charge in [0.1, 0.15) is 6.29 Å². The van der Waals surface area contributed by atoms with Crippen LogP contribution >= 0.6 is 0 Å². The highest BCUT2D eigenvalue weighted by Gasteiger charge is 2.15. The molecule has 1 heterocycles. The Morgan fingerprint density at radius 3 is 2.78 bits per heavy atom. The van der Waals surface area contributed by atoms with E-state index in [-0.39, 0.29) is 6.04 Å². The van der Waals surface area contributed by atoms with Crippen molar-refractivity contribution in [2.75, 3.05) is 0 Å². The van der Waals surface area contributed by atoms with E-state index in [9.17, 15) is 4.79 Å². The molecule has 0 amide bonds. The lowest BCUT2D eigenvalue weighted by Crippen LogP contribution is -2.41. The summed E-state index contributed by atoms with van der Waals surface area (Å²) < 4.78 is 0. The predicted molar refractivity (Wildman–Crippen MR) is 36.3 cm³/mol. The molecule has 1 aliphatic rings. The number of carbonyl (C=O) groups is 1. The molecule has 2 atom stereocenters. The molecule has 0 radical (unpaired) electrons. The zero-order valence-corrected chi connectivity index (χ0v) is 5.76. The first kappa shape index (κ1) is 6.75. The van der Waals surface area contributed by atoms with E-state index in [0.717, 1.165) is 12.7 Å². The Balaban J connectivity index is 2.31. The number of aldehydes is 1. The van der Waals surface area contributed by atoms with Crippen molar-refractivity contribution in [3.63, 3.8) is 0 Å². The summed E-state index contributed by atoms with van der Waals surface area (Å²) in [7, 11) is 0. The summed E-state index contributed by atoms with van der Waals surface area (Å²) in [4.78, 5) is 10.2. The van der Waals surface area contributed by atoms with Gasteiger partial charge in [-0.2, -0.15) is 0 Å². The van der Waals surface area contributed by atoms with Crippen LogP contribution in [-0.2, 0) is 4.79 Å². The normalized spacial score (nSPS) is 36.1. The topological polar surface area (TPSA) is 29.1 Å². The molecule has 2 unspecified atom stereocenters. The van der Waals surface area contributed by atoms with Crippen LogP contribution in [0, 0.1) is 0 Å². The summed E-state index contributed by atoms with van der Waals surface area (Å²) in [5.74, 6) is 0. The van der Waals surface area contributed by atoms with E-state index >= 15 is 0 Å². The molecule has 0 aromatic carbocycles. The largest absolute Gasteiger partial charge is 0.305 e. The molecule has 1 saturated heterocycles. The maximum absolute atomic E-state index is 10.2. The van der Waals surface area contributed by atoms with Gasteiger partial charge in [0.2, 0.25) is 0 Å². The standard InChI is InChI=1S/C7H13NO/c1-6-3-2-4-7(5-9)8-6/h5-8H,2-4H2,1H3. The fourth-order valence-electron chi connectivity index (χ4n) is 1.28.